The zero-order chi connectivity index (χ0) is 22.3. The van der Waals surface area contributed by atoms with Gasteiger partial charge in [-0.05, 0) is 42.0 Å². The second-order valence-corrected chi connectivity index (χ2v) is 7.78. The number of methoxy groups -OCH3 is 1. The first-order valence-corrected chi connectivity index (χ1v) is 10.9. The first-order chi connectivity index (χ1) is 15.6. The summed E-state index contributed by atoms with van der Waals surface area (Å²) >= 11 is 1.30. The van der Waals surface area contributed by atoms with Crippen molar-refractivity contribution in [1.29, 1.82) is 0 Å². The molecule has 2 aromatic heterocycles. The first kappa shape index (κ1) is 21.4. The predicted molar refractivity (Wildman–Crippen MR) is 122 cm³/mol. The van der Waals surface area contributed by atoms with E-state index in [2.05, 4.69) is 20.3 Å². The normalized spacial score (nSPS) is 10.7. The molecule has 0 aliphatic rings. The molecule has 0 spiro atoms. The van der Waals surface area contributed by atoms with Crippen LogP contribution in [0.1, 0.15) is 21.7 Å². The van der Waals surface area contributed by atoms with Crippen LogP contribution < -0.4 is 5.32 Å². The van der Waals surface area contributed by atoms with E-state index < -0.39 is 5.97 Å². The van der Waals surface area contributed by atoms with Gasteiger partial charge >= 0.3 is 5.97 Å². The second-order valence-electron chi connectivity index (χ2n) is 6.84. The highest BCUT2D eigenvalue weighted by atomic mass is 32.2. The number of carbonyl (C=O) groups excluding carboxylic acids is 2. The number of nitrogens with one attached hydrogen (secondary N) is 1. The maximum Gasteiger partial charge on any atom is 0.337 e. The molecular weight excluding hydrogens is 426 g/mol. The molecule has 2 heterocycles. The van der Waals surface area contributed by atoms with Crippen LogP contribution in [0, 0.1) is 0 Å². The maximum absolute atomic E-state index is 12.5. The molecule has 8 nitrogen and oxygen atoms in total. The molecule has 9 heteroatoms. The molecule has 4 aromatic rings. The number of hydrogen-bond acceptors (Lipinski definition) is 6. The molecule has 32 heavy (non-hydrogen) atoms. The molecule has 4 rings (SSSR count). The van der Waals surface area contributed by atoms with Crippen LogP contribution in [0.25, 0.3) is 0 Å². The Hall–Kier alpha value is -3.85. The number of thioether (sulfide) groups is 1. The standard InChI is InChI=1S/C23H21N5O3S/c1-31-22(30)18-9-11-19(12-10-18)24-21(29)16-32-23-26-25-20(15-17-7-3-2-4-8-17)28(23)27-13-5-6-14-27/h2-14H,15-16H2,1H3,(H,24,29). The first-order valence-electron chi connectivity index (χ1n) is 9.87. The molecule has 1 N–H and O–H groups in total. The highest BCUT2D eigenvalue weighted by molar-refractivity contribution is 7.99. The summed E-state index contributed by atoms with van der Waals surface area (Å²) in [5.41, 5.74) is 2.14. The average Bonchev–Trinajstić information content (AvgIpc) is 3.48. The molecule has 0 saturated heterocycles. The molecule has 0 unspecified atom stereocenters. The van der Waals surface area contributed by atoms with E-state index in [-0.39, 0.29) is 11.7 Å². The third-order valence-corrected chi connectivity index (χ3v) is 5.54. The maximum atomic E-state index is 12.5. The monoisotopic (exact) mass is 447 g/mol. The van der Waals surface area contributed by atoms with Crippen LogP contribution in [0.5, 0.6) is 0 Å². The second kappa shape index (κ2) is 9.97. The fourth-order valence-electron chi connectivity index (χ4n) is 3.10. The van der Waals surface area contributed by atoms with Gasteiger partial charge in [0.1, 0.15) is 0 Å². The number of anilines is 1. The van der Waals surface area contributed by atoms with Gasteiger partial charge in [0.05, 0.1) is 18.4 Å². The topological polar surface area (TPSA) is 91.0 Å². The number of ether oxygens (including phenoxy) is 1. The van der Waals surface area contributed by atoms with Crippen LogP contribution in [0.15, 0.2) is 84.3 Å². The number of amides is 1. The van der Waals surface area contributed by atoms with Crippen LogP contribution in [-0.2, 0) is 16.0 Å². The predicted octanol–water partition coefficient (Wildman–Crippen LogP) is 3.50. The molecule has 0 atom stereocenters. The Morgan fingerprint density at radius 3 is 2.38 bits per heavy atom. The van der Waals surface area contributed by atoms with E-state index >= 15 is 0 Å². The van der Waals surface area contributed by atoms with E-state index in [0.29, 0.717) is 22.8 Å². The van der Waals surface area contributed by atoms with Crippen molar-refractivity contribution in [2.75, 3.05) is 18.2 Å². The lowest BCUT2D eigenvalue weighted by atomic mass is 10.1. The summed E-state index contributed by atoms with van der Waals surface area (Å²) in [7, 11) is 1.33. The molecule has 2 aromatic carbocycles. The van der Waals surface area contributed by atoms with Gasteiger partial charge in [-0.25, -0.2) is 9.47 Å². The molecule has 1 amide bonds. The van der Waals surface area contributed by atoms with Crippen LogP contribution in [0.4, 0.5) is 5.69 Å². The van der Waals surface area contributed by atoms with Gasteiger partial charge in [0.15, 0.2) is 5.82 Å². The summed E-state index contributed by atoms with van der Waals surface area (Å²) in [6.07, 6.45) is 4.43. The van der Waals surface area contributed by atoms with Crippen LogP contribution in [0.3, 0.4) is 0 Å². The van der Waals surface area contributed by atoms with Crippen molar-refractivity contribution >= 4 is 29.3 Å². The van der Waals surface area contributed by atoms with Gasteiger partial charge in [-0.1, -0.05) is 42.1 Å². The minimum Gasteiger partial charge on any atom is -0.465 e. The van der Waals surface area contributed by atoms with Gasteiger partial charge < -0.3 is 10.1 Å². The molecule has 162 valence electrons. The number of esters is 1. The molecule has 0 aliphatic heterocycles. The lowest BCUT2D eigenvalue weighted by molar-refractivity contribution is -0.113. The van der Waals surface area contributed by atoms with E-state index in [1.54, 1.807) is 24.3 Å². The van der Waals surface area contributed by atoms with Crippen molar-refractivity contribution in [3.63, 3.8) is 0 Å². The Kier molecular flexibility index (Phi) is 6.66. The minimum absolute atomic E-state index is 0.156. The van der Waals surface area contributed by atoms with Gasteiger partial charge in [0.2, 0.25) is 11.1 Å². The Balaban J connectivity index is 1.45. The van der Waals surface area contributed by atoms with Gasteiger partial charge in [-0.2, -0.15) is 0 Å². The summed E-state index contributed by atoms with van der Waals surface area (Å²) in [4.78, 5) is 24.0. The van der Waals surface area contributed by atoms with Crippen LogP contribution >= 0.6 is 11.8 Å². The summed E-state index contributed by atoms with van der Waals surface area (Å²) in [5, 5.41) is 12.1. The largest absolute Gasteiger partial charge is 0.465 e. The summed E-state index contributed by atoms with van der Waals surface area (Å²) in [6, 6.07) is 20.4. The van der Waals surface area contributed by atoms with Crippen molar-refractivity contribution in [3.8, 4) is 0 Å². The van der Waals surface area contributed by atoms with Crippen molar-refractivity contribution in [3.05, 3.63) is 96.1 Å². The number of nitrogens with zero attached hydrogens (tertiary/aromatic N) is 4. The Morgan fingerprint density at radius 1 is 0.969 bits per heavy atom. The number of rotatable bonds is 8. The molecule has 0 radical (unpaired) electrons. The van der Waals surface area contributed by atoms with Crippen LogP contribution in [0.2, 0.25) is 0 Å². The zero-order valence-corrected chi connectivity index (χ0v) is 18.2. The lowest BCUT2D eigenvalue weighted by Crippen LogP contribution is -2.16. The smallest absolute Gasteiger partial charge is 0.337 e. The SMILES string of the molecule is COC(=O)c1ccc(NC(=O)CSc2nnc(Cc3ccccc3)n2-n2cccc2)cc1. The van der Waals surface area contributed by atoms with Gasteiger partial charge in [0.25, 0.3) is 0 Å². The highest BCUT2D eigenvalue weighted by Gasteiger charge is 2.16. The Bertz CT molecular complexity index is 1190. The number of hydrogen-bond donors (Lipinski definition) is 1. The molecule has 0 aliphatic carbocycles. The fourth-order valence-corrected chi connectivity index (χ4v) is 3.85. The van der Waals surface area contributed by atoms with E-state index in [4.69, 9.17) is 0 Å². The highest BCUT2D eigenvalue weighted by Crippen LogP contribution is 2.20. The third-order valence-electron chi connectivity index (χ3n) is 4.62. The van der Waals surface area contributed by atoms with E-state index in [1.807, 2.05) is 64.2 Å². The average molecular weight is 448 g/mol. The number of carbonyl (C=O) groups is 2. The van der Waals surface area contributed by atoms with E-state index in [1.165, 1.54) is 18.9 Å². The van der Waals surface area contributed by atoms with E-state index in [0.717, 1.165) is 11.4 Å². The number of aromatic nitrogens is 4. The lowest BCUT2D eigenvalue weighted by Gasteiger charge is -2.11. The van der Waals surface area contributed by atoms with Crippen molar-refractivity contribution < 1.29 is 14.3 Å². The van der Waals surface area contributed by atoms with E-state index in [9.17, 15) is 9.59 Å². The molecule has 0 saturated carbocycles. The molecule has 0 fully saturated rings. The summed E-state index contributed by atoms with van der Waals surface area (Å²) in [6.45, 7) is 0. The Morgan fingerprint density at radius 2 is 1.69 bits per heavy atom. The van der Waals surface area contributed by atoms with Gasteiger partial charge in [-0.15, -0.1) is 10.2 Å². The van der Waals surface area contributed by atoms with Crippen molar-refractivity contribution in [2.45, 2.75) is 11.6 Å². The summed E-state index contributed by atoms with van der Waals surface area (Å²) < 4.78 is 8.47. The van der Waals surface area contributed by atoms with Gasteiger partial charge in [0, 0.05) is 24.5 Å². The fraction of sp³-hybridized carbons (Fsp3) is 0.130. The van der Waals surface area contributed by atoms with Crippen LogP contribution in [-0.4, -0.2) is 44.3 Å². The third kappa shape index (κ3) is 5.06. The quantitative estimate of drug-likeness (QED) is 0.328. The molecule has 0 bridgehead atoms. The molecular formula is C23H21N5O3S. The zero-order valence-electron chi connectivity index (χ0n) is 17.3. The van der Waals surface area contributed by atoms with Gasteiger partial charge in [-0.3, -0.25) is 9.47 Å². The summed E-state index contributed by atoms with van der Waals surface area (Å²) in [5.74, 6) is 0.319. The Labute approximate surface area is 189 Å². The van der Waals surface area contributed by atoms with Crippen molar-refractivity contribution in [2.24, 2.45) is 0 Å². The van der Waals surface area contributed by atoms with Crippen molar-refractivity contribution in [1.82, 2.24) is 19.5 Å². The number of benzene rings is 2. The minimum atomic E-state index is -0.422.